The first-order valence-electron chi connectivity index (χ1n) is 6.93. The number of aliphatic hydroxyl groups excluding tert-OH is 1. The van der Waals surface area contributed by atoms with Crippen LogP contribution in [0.25, 0.3) is 0 Å². The van der Waals surface area contributed by atoms with Gasteiger partial charge in [-0.3, -0.25) is 4.79 Å². The molecule has 17 heavy (non-hydrogen) atoms. The molecule has 0 aromatic heterocycles. The van der Waals surface area contributed by atoms with Gasteiger partial charge in [0, 0.05) is 31.5 Å². The number of rotatable bonds is 2. The second-order valence-corrected chi connectivity index (χ2v) is 5.86. The van der Waals surface area contributed by atoms with E-state index in [1.165, 1.54) is 6.42 Å². The van der Waals surface area contributed by atoms with E-state index < -0.39 is 0 Å². The van der Waals surface area contributed by atoms with Gasteiger partial charge in [-0.1, -0.05) is 0 Å². The van der Waals surface area contributed by atoms with E-state index >= 15 is 0 Å². The minimum absolute atomic E-state index is 0.164. The van der Waals surface area contributed by atoms with Gasteiger partial charge in [-0.05, 0) is 38.1 Å². The van der Waals surface area contributed by atoms with Crippen LogP contribution in [0.2, 0.25) is 0 Å². The lowest BCUT2D eigenvalue weighted by atomic mass is 10.00. The van der Waals surface area contributed by atoms with Gasteiger partial charge in [-0.15, -0.1) is 0 Å². The number of hydrogen-bond acceptors (Lipinski definition) is 3. The molecule has 4 nitrogen and oxygen atoms in total. The molecule has 1 saturated carbocycles. The Morgan fingerprint density at radius 2 is 2.18 bits per heavy atom. The maximum atomic E-state index is 12.1. The van der Waals surface area contributed by atoms with Crippen molar-refractivity contribution in [2.75, 3.05) is 19.6 Å². The molecule has 0 bridgehead atoms. The zero-order valence-electron chi connectivity index (χ0n) is 10.3. The molecule has 2 aliphatic heterocycles. The average molecular weight is 238 g/mol. The van der Waals surface area contributed by atoms with Crippen molar-refractivity contribution in [1.29, 1.82) is 0 Å². The highest BCUT2D eigenvalue weighted by atomic mass is 16.3. The third kappa shape index (κ3) is 2.20. The number of aliphatic hydroxyl groups is 1. The zero-order chi connectivity index (χ0) is 11.8. The molecule has 1 amide bonds. The van der Waals surface area contributed by atoms with Gasteiger partial charge in [0.25, 0.3) is 0 Å². The van der Waals surface area contributed by atoms with Crippen LogP contribution in [-0.2, 0) is 4.79 Å². The van der Waals surface area contributed by atoms with Crippen molar-refractivity contribution in [3.05, 3.63) is 0 Å². The van der Waals surface area contributed by atoms with Gasteiger partial charge in [0.1, 0.15) is 0 Å². The fourth-order valence-corrected chi connectivity index (χ4v) is 3.71. The third-order valence-electron chi connectivity index (χ3n) is 4.76. The van der Waals surface area contributed by atoms with Crippen LogP contribution in [0.1, 0.15) is 32.1 Å². The van der Waals surface area contributed by atoms with Crippen molar-refractivity contribution in [2.45, 2.75) is 44.2 Å². The van der Waals surface area contributed by atoms with Gasteiger partial charge >= 0.3 is 0 Å². The first-order chi connectivity index (χ1) is 8.24. The Morgan fingerprint density at radius 3 is 2.88 bits per heavy atom. The Labute approximate surface area is 102 Å². The molecule has 0 spiro atoms. The highest BCUT2D eigenvalue weighted by Gasteiger charge is 2.43. The average Bonchev–Trinajstić information content (AvgIpc) is 2.97. The molecule has 2 N–H and O–H groups in total. The molecule has 2 heterocycles. The van der Waals surface area contributed by atoms with Crippen LogP contribution in [0.5, 0.6) is 0 Å². The Hall–Kier alpha value is -0.610. The van der Waals surface area contributed by atoms with Crippen molar-refractivity contribution in [3.63, 3.8) is 0 Å². The standard InChI is InChI=1S/C13H22N2O2/c16-12-4-3-9-7-15(8-11(9)12)13(17)6-10-2-1-5-14-10/h9-12,14,16H,1-8H2. The molecule has 4 heteroatoms. The summed E-state index contributed by atoms with van der Waals surface area (Å²) in [5, 5.41) is 13.2. The van der Waals surface area contributed by atoms with Crippen molar-refractivity contribution in [2.24, 2.45) is 11.8 Å². The lowest BCUT2D eigenvalue weighted by molar-refractivity contribution is -0.131. The van der Waals surface area contributed by atoms with Crippen LogP contribution >= 0.6 is 0 Å². The molecule has 4 atom stereocenters. The summed E-state index contributed by atoms with van der Waals surface area (Å²) in [7, 11) is 0. The van der Waals surface area contributed by atoms with Crippen molar-refractivity contribution in [3.8, 4) is 0 Å². The zero-order valence-corrected chi connectivity index (χ0v) is 10.3. The minimum Gasteiger partial charge on any atom is -0.393 e. The second kappa shape index (κ2) is 4.58. The molecule has 1 aliphatic carbocycles. The summed E-state index contributed by atoms with van der Waals surface area (Å²) < 4.78 is 0. The van der Waals surface area contributed by atoms with Crippen LogP contribution in [-0.4, -0.2) is 47.7 Å². The summed E-state index contributed by atoms with van der Waals surface area (Å²) in [5.74, 6) is 1.20. The summed E-state index contributed by atoms with van der Waals surface area (Å²) >= 11 is 0. The molecule has 96 valence electrons. The normalized spacial score (nSPS) is 40.9. The molecule has 2 saturated heterocycles. The number of nitrogens with one attached hydrogen (secondary N) is 1. The van der Waals surface area contributed by atoms with Crippen LogP contribution in [0.15, 0.2) is 0 Å². The highest BCUT2D eigenvalue weighted by Crippen LogP contribution is 2.38. The van der Waals surface area contributed by atoms with E-state index in [0.29, 0.717) is 24.3 Å². The van der Waals surface area contributed by atoms with Crippen molar-refractivity contribution < 1.29 is 9.90 Å². The summed E-state index contributed by atoms with van der Waals surface area (Å²) in [6.45, 7) is 2.73. The van der Waals surface area contributed by atoms with Gasteiger partial charge in [-0.2, -0.15) is 0 Å². The van der Waals surface area contributed by atoms with Gasteiger partial charge in [-0.25, -0.2) is 0 Å². The Bertz CT molecular complexity index is 302. The van der Waals surface area contributed by atoms with E-state index in [4.69, 9.17) is 0 Å². The predicted molar refractivity (Wildman–Crippen MR) is 64.4 cm³/mol. The summed E-state index contributed by atoms with van der Waals surface area (Å²) in [6.07, 6.45) is 4.84. The Kier molecular flexibility index (Phi) is 3.09. The third-order valence-corrected chi connectivity index (χ3v) is 4.76. The molecule has 3 rings (SSSR count). The lowest BCUT2D eigenvalue weighted by Crippen LogP contribution is -2.35. The molecule has 0 aromatic rings. The van der Waals surface area contributed by atoms with Crippen LogP contribution < -0.4 is 5.32 Å². The SMILES string of the molecule is O=C(CC1CCCN1)N1CC2CCC(O)C2C1. The smallest absolute Gasteiger partial charge is 0.224 e. The van der Waals surface area contributed by atoms with Crippen LogP contribution in [0.4, 0.5) is 0 Å². The number of likely N-dealkylation sites (tertiary alicyclic amines) is 1. The minimum atomic E-state index is -0.164. The van der Waals surface area contributed by atoms with Crippen molar-refractivity contribution in [1.82, 2.24) is 10.2 Å². The van der Waals surface area contributed by atoms with E-state index in [0.717, 1.165) is 38.9 Å². The first-order valence-corrected chi connectivity index (χ1v) is 6.93. The molecule has 3 aliphatic rings. The van der Waals surface area contributed by atoms with E-state index in [9.17, 15) is 9.90 Å². The molecular weight excluding hydrogens is 216 g/mol. The number of amides is 1. The van der Waals surface area contributed by atoms with Gasteiger partial charge in [0.05, 0.1) is 6.10 Å². The first kappa shape index (κ1) is 11.5. The monoisotopic (exact) mass is 238 g/mol. The lowest BCUT2D eigenvalue weighted by Gasteiger charge is -2.20. The van der Waals surface area contributed by atoms with Gasteiger partial charge < -0.3 is 15.3 Å². The quantitative estimate of drug-likeness (QED) is 0.730. The molecule has 0 radical (unpaired) electrons. The van der Waals surface area contributed by atoms with Gasteiger partial charge in [0.15, 0.2) is 0 Å². The number of carbonyl (C=O) groups is 1. The van der Waals surface area contributed by atoms with Crippen LogP contribution in [0, 0.1) is 11.8 Å². The predicted octanol–water partition coefficient (Wildman–Crippen LogP) is 0.358. The number of nitrogens with zero attached hydrogens (tertiary/aromatic N) is 1. The molecule has 0 aromatic carbocycles. The highest BCUT2D eigenvalue weighted by molar-refractivity contribution is 5.77. The number of fused-ring (bicyclic) bond motifs is 1. The largest absolute Gasteiger partial charge is 0.393 e. The van der Waals surface area contributed by atoms with Crippen molar-refractivity contribution >= 4 is 5.91 Å². The van der Waals surface area contributed by atoms with E-state index in [2.05, 4.69) is 5.32 Å². The van der Waals surface area contributed by atoms with E-state index in [-0.39, 0.29) is 12.0 Å². The Morgan fingerprint density at radius 1 is 1.29 bits per heavy atom. The maximum Gasteiger partial charge on any atom is 0.224 e. The summed E-state index contributed by atoms with van der Waals surface area (Å²) in [4.78, 5) is 14.1. The van der Waals surface area contributed by atoms with E-state index in [1.807, 2.05) is 4.90 Å². The van der Waals surface area contributed by atoms with Crippen LogP contribution in [0.3, 0.4) is 0 Å². The van der Waals surface area contributed by atoms with E-state index in [1.54, 1.807) is 0 Å². The molecular formula is C13H22N2O2. The fraction of sp³-hybridized carbons (Fsp3) is 0.923. The number of carbonyl (C=O) groups excluding carboxylic acids is 1. The fourth-order valence-electron chi connectivity index (χ4n) is 3.71. The van der Waals surface area contributed by atoms with Gasteiger partial charge in [0.2, 0.25) is 5.91 Å². The topological polar surface area (TPSA) is 52.6 Å². The number of hydrogen-bond donors (Lipinski definition) is 2. The summed E-state index contributed by atoms with van der Waals surface area (Å²) in [5.41, 5.74) is 0. The molecule has 4 unspecified atom stereocenters. The Balaban J connectivity index is 1.53. The molecule has 3 fully saturated rings. The second-order valence-electron chi connectivity index (χ2n) is 5.86. The summed E-state index contributed by atoms with van der Waals surface area (Å²) in [6, 6.07) is 0.396. The maximum absolute atomic E-state index is 12.1.